The molecule has 0 atom stereocenters. The van der Waals surface area contributed by atoms with E-state index < -0.39 is 11.7 Å². The molecule has 6 heteroatoms. The summed E-state index contributed by atoms with van der Waals surface area (Å²) in [6.07, 6.45) is -4.38. The van der Waals surface area contributed by atoms with E-state index in [0.717, 1.165) is 28.6 Å². The number of fused-ring (bicyclic) bond motifs is 1. The molecule has 1 aromatic heterocycles. The Morgan fingerprint density at radius 1 is 0.750 bits per heavy atom. The van der Waals surface area contributed by atoms with E-state index in [1.807, 2.05) is 24.3 Å². The van der Waals surface area contributed by atoms with Gasteiger partial charge in [-0.25, -0.2) is 4.98 Å². The lowest BCUT2D eigenvalue weighted by Crippen LogP contribution is -2.04. The Balaban J connectivity index is 1.94. The van der Waals surface area contributed by atoms with E-state index in [9.17, 15) is 13.2 Å². The minimum Gasteiger partial charge on any atom is -0.248 e. The quantitative estimate of drug-likeness (QED) is 0.323. The third-order valence-electron chi connectivity index (χ3n) is 4.44. The molecule has 0 N–H and O–H groups in total. The number of aromatic nitrogens is 1. The Hall–Kier alpha value is -2.56. The van der Waals surface area contributed by atoms with Gasteiger partial charge in [-0.05, 0) is 48.0 Å². The predicted molar refractivity (Wildman–Crippen MR) is 108 cm³/mol. The lowest BCUT2D eigenvalue weighted by atomic mass is 9.98. The first-order valence-corrected chi connectivity index (χ1v) is 9.11. The van der Waals surface area contributed by atoms with Gasteiger partial charge in [-0.2, -0.15) is 13.2 Å². The summed E-state index contributed by atoms with van der Waals surface area (Å²) in [4.78, 5) is 4.61. The Bertz CT molecular complexity index is 1170. The molecule has 0 amide bonds. The minimum absolute atomic E-state index is 0.554. The molecule has 0 fully saturated rings. The monoisotopic (exact) mass is 417 g/mol. The Labute approximate surface area is 169 Å². The second-order valence-electron chi connectivity index (χ2n) is 6.27. The molecule has 0 aliphatic carbocycles. The zero-order valence-electron chi connectivity index (χ0n) is 14.3. The first-order valence-electron chi connectivity index (χ1n) is 8.36. The second kappa shape index (κ2) is 7.12. The molecule has 1 nitrogen and oxygen atoms in total. The van der Waals surface area contributed by atoms with Crippen LogP contribution in [0.4, 0.5) is 13.2 Å². The molecule has 0 radical (unpaired) electrons. The van der Waals surface area contributed by atoms with Crippen molar-refractivity contribution in [3.05, 3.63) is 88.4 Å². The largest absolute Gasteiger partial charge is 0.416 e. The highest BCUT2D eigenvalue weighted by atomic mass is 35.5. The van der Waals surface area contributed by atoms with E-state index in [0.29, 0.717) is 26.8 Å². The van der Waals surface area contributed by atoms with Gasteiger partial charge < -0.3 is 0 Å². The molecular formula is C22H12Cl2F3N. The number of pyridine rings is 1. The van der Waals surface area contributed by atoms with Crippen LogP contribution in [0.2, 0.25) is 10.0 Å². The second-order valence-corrected chi connectivity index (χ2v) is 7.12. The number of benzene rings is 3. The lowest BCUT2D eigenvalue weighted by Gasteiger charge is -2.13. The molecule has 3 aromatic carbocycles. The molecule has 0 aliphatic rings. The number of halogens is 5. The van der Waals surface area contributed by atoms with Crippen LogP contribution in [0.1, 0.15) is 5.56 Å². The molecule has 0 unspecified atom stereocenters. The van der Waals surface area contributed by atoms with Gasteiger partial charge in [0.05, 0.1) is 16.8 Å². The van der Waals surface area contributed by atoms with Crippen molar-refractivity contribution < 1.29 is 13.2 Å². The summed E-state index contributed by atoms with van der Waals surface area (Å²) < 4.78 is 38.6. The van der Waals surface area contributed by atoms with Gasteiger partial charge in [-0.15, -0.1) is 0 Å². The fourth-order valence-electron chi connectivity index (χ4n) is 3.08. The van der Waals surface area contributed by atoms with Gasteiger partial charge >= 0.3 is 6.18 Å². The van der Waals surface area contributed by atoms with Crippen molar-refractivity contribution in [1.82, 2.24) is 4.98 Å². The van der Waals surface area contributed by atoms with E-state index in [1.54, 1.807) is 24.3 Å². The van der Waals surface area contributed by atoms with E-state index in [1.165, 1.54) is 12.1 Å². The molecule has 4 aromatic rings. The Morgan fingerprint density at radius 3 is 2.14 bits per heavy atom. The smallest absolute Gasteiger partial charge is 0.248 e. The van der Waals surface area contributed by atoms with Crippen molar-refractivity contribution in [2.24, 2.45) is 0 Å². The summed E-state index contributed by atoms with van der Waals surface area (Å²) >= 11 is 12.6. The molecule has 0 bridgehead atoms. The average molecular weight is 418 g/mol. The first-order chi connectivity index (χ1) is 13.3. The van der Waals surface area contributed by atoms with Gasteiger partial charge in [0.15, 0.2) is 0 Å². The van der Waals surface area contributed by atoms with Gasteiger partial charge in [0.2, 0.25) is 0 Å². The molecule has 1 heterocycles. The third kappa shape index (κ3) is 3.58. The zero-order chi connectivity index (χ0) is 19.9. The maximum Gasteiger partial charge on any atom is 0.416 e. The number of hydrogen-bond donors (Lipinski definition) is 0. The highest BCUT2D eigenvalue weighted by molar-refractivity contribution is 6.34. The summed E-state index contributed by atoms with van der Waals surface area (Å²) in [7, 11) is 0. The van der Waals surface area contributed by atoms with E-state index in [4.69, 9.17) is 23.2 Å². The van der Waals surface area contributed by atoms with Crippen LogP contribution in [0.25, 0.3) is 33.3 Å². The average Bonchev–Trinajstić information content (AvgIpc) is 2.67. The van der Waals surface area contributed by atoms with E-state index >= 15 is 0 Å². The first kappa shape index (κ1) is 18.8. The molecule has 4 rings (SSSR count). The fraction of sp³-hybridized carbons (Fsp3) is 0.0455. The molecule has 0 saturated heterocycles. The van der Waals surface area contributed by atoms with Crippen LogP contribution < -0.4 is 0 Å². The summed E-state index contributed by atoms with van der Waals surface area (Å²) in [5.41, 5.74) is 2.73. The molecule has 0 aliphatic heterocycles. The van der Waals surface area contributed by atoms with Crippen LogP contribution in [-0.4, -0.2) is 4.98 Å². The summed E-state index contributed by atoms with van der Waals surface area (Å²) in [5.74, 6) is 0. The van der Waals surface area contributed by atoms with Crippen LogP contribution in [0.3, 0.4) is 0 Å². The minimum atomic E-state index is -4.38. The Kier molecular flexibility index (Phi) is 4.77. The van der Waals surface area contributed by atoms with Crippen molar-refractivity contribution in [2.45, 2.75) is 6.18 Å². The molecule has 0 spiro atoms. The maximum atomic E-state index is 12.9. The topological polar surface area (TPSA) is 12.9 Å². The number of rotatable bonds is 2. The molecule has 140 valence electrons. The van der Waals surface area contributed by atoms with E-state index in [2.05, 4.69) is 4.98 Å². The van der Waals surface area contributed by atoms with Crippen LogP contribution in [0.5, 0.6) is 0 Å². The van der Waals surface area contributed by atoms with Crippen LogP contribution in [0, 0.1) is 0 Å². The normalized spacial score (nSPS) is 11.8. The predicted octanol–water partition coefficient (Wildman–Crippen LogP) is 7.89. The van der Waals surface area contributed by atoms with Gasteiger partial charge in [-0.1, -0.05) is 53.5 Å². The highest BCUT2D eigenvalue weighted by Crippen LogP contribution is 2.37. The van der Waals surface area contributed by atoms with Crippen molar-refractivity contribution in [2.75, 3.05) is 0 Å². The van der Waals surface area contributed by atoms with Crippen molar-refractivity contribution >= 4 is 34.1 Å². The van der Waals surface area contributed by atoms with Crippen molar-refractivity contribution in [1.29, 1.82) is 0 Å². The Morgan fingerprint density at radius 2 is 1.46 bits per heavy atom. The summed E-state index contributed by atoms with van der Waals surface area (Å²) in [6.45, 7) is 0. The van der Waals surface area contributed by atoms with Crippen LogP contribution in [0.15, 0.2) is 72.8 Å². The highest BCUT2D eigenvalue weighted by Gasteiger charge is 2.30. The van der Waals surface area contributed by atoms with Gasteiger partial charge in [0.25, 0.3) is 0 Å². The molecule has 0 saturated carbocycles. The standard InChI is InChI=1S/C22H12Cl2F3N/c23-15-9-10-20-18(11-15)17(16-3-1-2-4-19(16)24)12-21(28-20)13-5-7-14(8-6-13)22(25,26)27/h1-12H. The van der Waals surface area contributed by atoms with E-state index in [-0.39, 0.29) is 0 Å². The van der Waals surface area contributed by atoms with Gasteiger partial charge in [-0.3, -0.25) is 0 Å². The van der Waals surface area contributed by atoms with Gasteiger partial charge in [0.1, 0.15) is 0 Å². The third-order valence-corrected chi connectivity index (χ3v) is 5.01. The lowest BCUT2D eigenvalue weighted by molar-refractivity contribution is -0.137. The number of nitrogens with zero attached hydrogens (tertiary/aromatic N) is 1. The van der Waals surface area contributed by atoms with Crippen molar-refractivity contribution in [3.8, 4) is 22.4 Å². The number of alkyl halides is 3. The fourth-order valence-corrected chi connectivity index (χ4v) is 3.49. The zero-order valence-corrected chi connectivity index (χ0v) is 15.8. The maximum absolute atomic E-state index is 12.9. The number of hydrogen-bond acceptors (Lipinski definition) is 1. The molecule has 28 heavy (non-hydrogen) atoms. The van der Waals surface area contributed by atoms with Gasteiger partial charge in [0, 0.05) is 26.6 Å². The van der Waals surface area contributed by atoms with Crippen LogP contribution in [-0.2, 0) is 6.18 Å². The summed E-state index contributed by atoms with van der Waals surface area (Å²) in [5, 5.41) is 1.94. The van der Waals surface area contributed by atoms with Crippen LogP contribution >= 0.6 is 23.2 Å². The molecular weight excluding hydrogens is 406 g/mol. The summed E-state index contributed by atoms with van der Waals surface area (Å²) in [6, 6.07) is 19.5. The SMILES string of the molecule is FC(F)(F)c1ccc(-c2cc(-c3ccccc3Cl)c3cc(Cl)ccc3n2)cc1. The van der Waals surface area contributed by atoms with Crippen molar-refractivity contribution in [3.63, 3.8) is 0 Å².